The van der Waals surface area contributed by atoms with Crippen LogP contribution in [-0.2, 0) is 4.79 Å². The van der Waals surface area contributed by atoms with Crippen LogP contribution in [0.3, 0.4) is 0 Å². The number of hydrogen-bond donors (Lipinski definition) is 1. The lowest BCUT2D eigenvalue weighted by Crippen LogP contribution is -2.26. The van der Waals surface area contributed by atoms with Crippen molar-refractivity contribution >= 4 is 5.91 Å². The minimum atomic E-state index is -0.180. The van der Waals surface area contributed by atoms with Crippen LogP contribution in [-0.4, -0.2) is 38.8 Å². The molecule has 1 unspecified atom stereocenters. The summed E-state index contributed by atoms with van der Waals surface area (Å²) in [5.74, 6) is 0.784. The molecular weight excluding hydrogens is 268 g/mol. The number of likely N-dealkylation sites (tertiary alicyclic amines) is 1. The van der Waals surface area contributed by atoms with Crippen molar-refractivity contribution in [2.75, 3.05) is 13.1 Å². The van der Waals surface area contributed by atoms with Crippen LogP contribution in [0.2, 0.25) is 0 Å². The van der Waals surface area contributed by atoms with E-state index >= 15 is 0 Å². The standard InChI is InChI=1S/C15H16N4O2/c1-10(20)19-6-4-12(9-19)15-17-13(7-14(21)18-15)11-3-2-5-16-8-11/h2-3,5,7-8,12H,4,6,9H2,1H3,(H,17,18,21). The minimum absolute atomic E-state index is 0.0586. The maximum Gasteiger partial charge on any atom is 0.251 e. The van der Waals surface area contributed by atoms with Crippen molar-refractivity contribution < 1.29 is 4.79 Å². The van der Waals surface area contributed by atoms with Crippen LogP contribution in [0.15, 0.2) is 35.4 Å². The fraction of sp³-hybridized carbons (Fsp3) is 0.333. The SMILES string of the molecule is CC(=O)N1CCC(c2nc(-c3cccnc3)cc(=O)[nH]2)C1. The van der Waals surface area contributed by atoms with Gasteiger partial charge in [-0.05, 0) is 18.6 Å². The molecule has 3 heterocycles. The van der Waals surface area contributed by atoms with Crippen LogP contribution >= 0.6 is 0 Å². The zero-order chi connectivity index (χ0) is 14.8. The predicted octanol–water partition coefficient (Wildman–Crippen LogP) is 1.17. The molecular formula is C15H16N4O2. The Kier molecular flexibility index (Phi) is 3.51. The highest BCUT2D eigenvalue weighted by Gasteiger charge is 2.27. The van der Waals surface area contributed by atoms with E-state index in [-0.39, 0.29) is 17.4 Å². The second kappa shape index (κ2) is 5.47. The number of amides is 1. The lowest BCUT2D eigenvalue weighted by Gasteiger charge is -2.13. The van der Waals surface area contributed by atoms with Gasteiger partial charge in [0.25, 0.3) is 5.56 Å². The molecule has 6 nitrogen and oxygen atoms in total. The number of aromatic amines is 1. The fourth-order valence-electron chi connectivity index (χ4n) is 2.60. The molecule has 108 valence electrons. The van der Waals surface area contributed by atoms with Crippen LogP contribution in [0.4, 0.5) is 0 Å². The van der Waals surface area contributed by atoms with Gasteiger partial charge in [-0.2, -0.15) is 0 Å². The Balaban J connectivity index is 1.92. The molecule has 1 fully saturated rings. The number of H-pyrrole nitrogens is 1. The number of hydrogen-bond acceptors (Lipinski definition) is 4. The van der Waals surface area contributed by atoms with Gasteiger partial charge in [-0.1, -0.05) is 0 Å². The Morgan fingerprint density at radius 3 is 3.00 bits per heavy atom. The molecule has 2 aromatic heterocycles. The van der Waals surface area contributed by atoms with E-state index in [0.717, 1.165) is 12.0 Å². The van der Waals surface area contributed by atoms with Crippen molar-refractivity contribution in [3.63, 3.8) is 0 Å². The molecule has 21 heavy (non-hydrogen) atoms. The van der Waals surface area contributed by atoms with Crippen molar-refractivity contribution in [2.45, 2.75) is 19.3 Å². The van der Waals surface area contributed by atoms with E-state index in [4.69, 9.17) is 0 Å². The first-order valence-corrected chi connectivity index (χ1v) is 6.90. The summed E-state index contributed by atoms with van der Waals surface area (Å²) < 4.78 is 0. The summed E-state index contributed by atoms with van der Waals surface area (Å²) in [6, 6.07) is 5.15. The molecule has 0 radical (unpaired) electrons. The van der Waals surface area contributed by atoms with Crippen molar-refractivity contribution in [1.82, 2.24) is 19.9 Å². The molecule has 3 rings (SSSR count). The topological polar surface area (TPSA) is 79.0 Å². The number of aromatic nitrogens is 3. The van der Waals surface area contributed by atoms with Gasteiger partial charge in [0.05, 0.1) is 5.69 Å². The molecule has 0 bridgehead atoms. The number of carbonyl (C=O) groups is 1. The fourth-order valence-corrected chi connectivity index (χ4v) is 2.60. The summed E-state index contributed by atoms with van der Waals surface area (Å²) in [7, 11) is 0. The summed E-state index contributed by atoms with van der Waals surface area (Å²) >= 11 is 0. The third kappa shape index (κ3) is 2.84. The highest BCUT2D eigenvalue weighted by Crippen LogP contribution is 2.25. The van der Waals surface area contributed by atoms with Crippen molar-refractivity contribution in [3.05, 3.63) is 46.8 Å². The quantitative estimate of drug-likeness (QED) is 0.897. The average Bonchev–Trinajstić information content (AvgIpc) is 2.98. The molecule has 1 amide bonds. The maximum atomic E-state index is 11.9. The summed E-state index contributed by atoms with van der Waals surface area (Å²) in [6.07, 6.45) is 4.18. The molecule has 0 saturated carbocycles. The first kappa shape index (κ1) is 13.5. The average molecular weight is 284 g/mol. The van der Waals surface area contributed by atoms with E-state index < -0.39 is 0 Å². The van der Waals surface area contributed by atoms with E-state index in [1.165, 1.54) is 6.07 Å². The van der Waals surface area contributed by atoms with E-state index in [0.29, 0.717) is 24.6 Å². The molecule has 0 aromatic carbocycles. The van der Waals surface area contributed by atoms with Crippen LogP contribution in [0.5, 0.6) is 0 Å². The van der Waals surface area contributed by atoms with E-state index in [9.17, 15) is 9.59 Å². The molecule has 1 aliphatic heterocycles. The molecule has 1 atom stereocenters. The highest BCUT2D eigenvalue weighted by molar-refractivity contribution is 5.73. The molecule has 1 N–H and O–H groups in total. The van der Waals surface area contributed by atoms with Crippen LogP contribution in [0.25, 0.3) is 11.3 Å². The van der Waals surface area contributed by atoms with Gasteiger partial charge in [-0.15, -0.1) is 0 Å². The molecule has 0 aliphatic carbocycles. The van der Waals surface area contributed by atoms with Gasteiger partial charge in [-0.25, -0.2) is 4.98 Å². The largest absolute Gasteiger partial charge is 0.342 e. The maximum absolute atomic E-state index is 11.9. The highest BCUT2D eigenvalue weighted by atomic mass is 16.2. The number of carbonyl (C=O) groups excluding carboxylic acids is 1. The molecule has 2 aromatic rings. The van der Waals surface area contributed by atoms with Gasteiger partial charge >= 0.3 is 0 Å². The van der Waals surface area contributed by atoms with Gasteiger partial charge in [-0.3, -0.25) is 14.6 Å². The third-order valence-corrected chi connectivity index (χ3v) is 3.74. The zero-order valence-electron chi connectivity index (χ0n) is 11.7. The Hall–Kier alpha value is -2.50. The lowest BCUT2D eigenvalue weighted by molar-refractivity contribution is -0.127. The summed E-state index contributed by atoms with van der Waals surface area (Å²) in [5.41, 5.74) is 1.24. The Morgan fingerprint density at radius 1 is 1.48 bits per heavy atom. The molecule has 0 spiro atoms. The monoisotopic (exact) mass is 284 g/mol. The third-order valence-electron chi connectivity index (χ3n) is 3.74. The Morgan fingerprint density at radius 2 is 2.33 bits per heavy atom. The molecule has 1 saturated heterocycles. The van der Waals surface area contributed by atoms with Gasteiger partial charge in [0.15, 0.2) is 0 Å². The van der Waals surface area contributed by atoms with Gasteiger partial charge in [0, 0.05) is 50.0 Å². The second-order valence-corrected chi connectivity index (χ2v) is 5.21. The number of nitrogens with zero attached hydrogens (tertiary/aromatic N) is 3. The Bertz CT molecular complexity index is 711. The van der Waals surface area contributed by atoms with E-state index in [2.05, 4.69) is 15.0 Å². The van der Waals surface area contributed by atoms with Crippen molar-refractivity contribution in [2.24, 2.45) is 0 Å². The summed E-state index contributed by atoms with van der Waals surface area (Å²) in [6.45, 7) is 2.88. The zero-order valence-corrected chi connectivity index (χ0v) is 11.7. The normalized spacial score (nSPS) is 18.0. The van der Waals surface area contributed by atoms with Crippen molar-refractivity contribution in [3.8, 4) is 11.3 Å². The van der Waals surface area contributed by atoms with Gasteiger partial charge in [0.2, 0.25) is 5.91 Å². The summed E-state index contributed by atoms with van der Waals surface area (Å²) in [4.78, 5) is 36.4. The van der Waals surface area contributed by atoms with Gasteiger partial charge < -0.3 is 9.88 Å². The van der Waals surface area contributed by atoms with E-state index in [1.54, 1.807) is 24.2 Å². The Labute approximate surface area is 121 Å². The smallest absolute Gasteiger partial charge is 0.251 e. The van der Waals surface area contributed by atoms with Crippen molar-refractivity contribution in [1.29, 1.82) is 0 Å². The summed E-state index contributed by atoms with van der Waals surface area (Å²) in [5, 5.41) is 0. The first-order valence-electron chi connectivity index (χ1n) is 6.90. The van der Waals surface area contributed by atoms with Crippen LogP contribution in [0.1, 0.15) is 25.1 Å². The molecule has 6 heteroatoms. The number of nitrogens with one attached hydrogen (secondary N) is 1. The first-order chi connectivity index (χ1) is 10.1. The van der Waals surface area contributed by atoms with Crippen LogP contribution in [0, 0.1) is 0 Å². The number of rotatable bonds is 2. The lowest BCUT2D eigenvalue weighted by atomic mass is 10.1. The van der Waals surface area contributed by atoms with Gasteiger partial charge in [0.1, 0.15) is 5.82 Å². The number of pyridine rings is 1. The molecule has 1 aliphatic rings. The van der Waals surface area contributed by atoms with Crippen LogP contribution < -0.4 is 5.56 Å². The minimum Gasteiger partial charge on any atom is -0.342 e. The van der Waals surface area contributed by atoms with E-state index in [1.807, 2.05) is 12.1 Å². The predicted molar refractivity (Wildman–Crippen MR) is 77.7 cm³/mol. The second-order valence-electron chi connectivity index (χ2n) is 5.21.